The first-order chi connectivity index (χ1) is 21.8. The fourth-order valence-electron chi connectivity index (χ4n) is 6.77. The molecule has 0 aromatic carbocycles. The van der Waals surface area contributed by atoms with Crippen molar-refractivity contribution < 1.29 is 23.8 Å². The van der Waals surface area contributed by atoms with Gasteiger partial charge in [0.2, 0.25) is 0 Å². The summed E-state index contributed by atoms with van der Waals surface area (Å²) in [7, 11) is 0. The molecule has 5 nitrogen and oxygen atoms in total. The molecule has 1 saturated heterocycles. The van der Waals surface area contributed by atoms with Gasteiger partial charge in [0.25, 0.3) is 0 Å². The van der Waals surface area contributed by atoms with E-state index in [1.807, 2.05) is 26.8 Å². The zero-order valence-electron chi connectivity index (χ0n) is 29.9. The van der Waals surface area contributed by atoms with Crippen LogP contribution in [0.25, 0.3) is 0 Å². The summed E-state index contributed by atoms with van der Waals surface area (Å²) in [5.74, 6) is -0.213. The Labute approximate surface area is 277 Å². The van der Waals surface area contributed by atoms with Crippen LogP contribution in [0.15, 0.2) is 23.8 Å². The highest BCUT2D eigenvalue weighted by molar-refractivity contribution is 5.90. The van der Waals surface area contributed by atoms with Crippen molar-refractivity contribution in [1.82, 2.24) is 0 Å². The standard InChI is InChI=1S/C40H70O5/c1-5-6-7-8-9-10-11-12-13-14-15-16-20-26-31-37-38(45-40(3,4)44-37)32-27-22-21-25-30-36(41)29-24-19-17-18-23-28-35-33-34(2)43-39(35)42/h16,20,33-34,37-38H,5-15,17-19,21-32H2,1-4H3/b20-16-/t34-,37+,38+/m0/s1. The molecular weight excluding hydrogens is 560 g/mol. The van der Waals surface area contributed by atoms with E-state index >= 15 is 0 Å². The second kappa shape index (κ2) is 24.7. The minimum Gasteiger partial charge on any atom is -0.455 e. The molecule has 0 amide bonds. The van der Waals surface area contributed by atoms with Crippen LogP contribution in [-0.2, 0) is 23.8 Å². The van der Waals surface area contributed by atoms with Crippen molar-refractivity contribution in [3.63, 3.8) is 0 Å². The van der Waals surface area contributed by atoms with Crippen molar-refractivity contribution in [1.29, 1.82) is 0 Å². The van der Waals surface area contributed by atoms with Crippen LogP contribution in [0.2, 0.25) is 0 Å². The van der Waals surface area contributed by atoms with Gasteiger partial charge in [0.05, 0.1) is 12.2 Å². The maximum Gasteiger partial charge on any atom is 0.334 e. The summed E-state index contributed by atoms with van der Waals surface area (Å²) in [6.07, 6.45) is 37.2. The summed E-state index contributed by atoms with van der Waals surface area (Å²) in [6, 6.07) is 0. The number of carbonyl (C=O) groups excluding carboxylic acids is 2. The molecule has 0 radical (unpaired) electrons. The molecule has 0 aliphatic carbocycles. The monoisotopic (exact) mass is 631 g/mol. The first-order valence-electron chi connectivity index (χ1n) is 19.2. The minimum absolute atomic E-state index is 0.0689. The van der Waals surface area contributed by atoms with Gasteiger partial charge in [-0.1, -0.05) is 115 Å². The highest BCUT2D eigenvalue weighted by Gasteiger charge is 2.40. The molecule has 2 aliphatic heterocycles. The molecule has 5 heteroatoms. The van der Waals surface area contributed by atoms with E-state index in [0.29, 0.717) is 12.2 Å². The molecular formula is C40H70O5. The summed E-state index contributed by atoms with van der Waals surface area (Å²) in [5, 5.41) is 0. The lowest BCUT2D eigenvalue weighted by Gasteiger charge is -2.16. The molecule has 3 atom stereocenters. The summed E-state index contributed by atoms with van der Waals surface area (Å²) >= 11 is 0. The van der Waals surface area contributed by atoms with E-state index in [4.69, 9.17) is 14.2 Å². The average Bonchev–Trinajstić information content (AvgIpc) is 3.49. The normalized spacial score (nSPS) is 21.1. The number of rotatable bonds is 29. The van der Waals surface area contributed by atoms with Crippen LogP contribution < -0.4 is 0 Å². The number of unbranched alkanes of at least 4 members (excludes halogenated alkanes) is 17. The Kier molecular flexibility index (Phi) is 21.8. The maximum atomic E-state index is 12.3. The Morgan fingerprint density at radius 3 is 1.80 bits per heavy atom. The van der Waals surface area contributed by atoms with E-state index in [1.54, 1.807) is 0 Å². The number of Topliss-reactive ketones (excluding diaryl/α,β-unsaturated/α-hetero) is 1. The van der Waals surface area contributed by atoms with Gasteiger partial charge in [-0.3, -0.25) is 4.79 Å². The van der Waals surface area contributed by atoms with Gasteiger partial charge < -0.3 is 14.2 Å². The van der Waals surface area contributed by atoms with E-state index < -0.39 is 5.79 Å². The highest BCUT2D eigenvalue weighted by atomic mass is 16.7. The number of ketones is 1. The third-order valence-corrected chi connectivity index (χ3v) is 9.38. The van der Waals surface area contributed by atoms with Crippen LogP contribution in [-0.4, -0.2) is 35.9 Å². The van der Waals surface area contributed by atoms with E-state index in [0.717, 1.165) is 95.5 Å². The predicted molar refractivity (Wildman–Crippen MR) is 187 cm³/mol. The number of carbonyl (C=O) groups is 2. The van der Waals surface area contributed by atoms with Crippen LogP contribution in [0.5, 0.6) is 0 Å². The number of allylic oxidation sites excluding steroid dienone is 2. The molecule has 0 aromatic heterocycles. The molecule has 0 unspecified atom stereocenters. The average molecular weight is 631 g/mol. The van der Waals surface area contributed by atoms with Gasteiger partial charge in [0.1, 0.15) is 11.9 Å². The van der Waals surface area contributed by atoms with Crippen molar-refractivity contribution in [3.8, 4) is 0 Å². The SMILES string of the molecule is CCCCCCCCCCCC/C=C\CC[C@H]1OC(C)(C)O[C@@H]1CCCCCCC(=O)CCCCCCCC1=C[C@H](C)OC1=O. The summed E-state index contributed by atoms with van der Waals surface area (Å²) in [5.41, 5.74) is 0.836. The van der Waals surface area contributed by atoms with Crippen molar-refractivity contribution in [2.45, 2.75) is 219 Å². The zero-order valence-corrected chi connectivity index (χ0v) is 29.9. The predicted octanol–water partition coefficient (Wildman–Crippen LogP) is 11.7. The molecule has 2 heterocycles. The first kappa shape index (κ1) is 39.7. The first-order valence-corrected chi connectivity index (χ1v) is 19.2. The molecule has 2 rings (SSSR count). The van der Waals surface area contributed by atoms with Gasteiger partial charge in [-0.25, -0.2) is 4.79 Å². The molecule has 0 saturated carbocycles. The third kappa shape index (κ3) is 19.7. The minimum atomic E-state index is -0.484. The van der Waals surface area contributed by atoms with E-state index in [1.165, 1.54) is 70.6 Å². The highest BCUT2D eigenvalue weighted by Crippen LogP contribution is 2.33. The lowest BCUT2D eigenvalue weighted by molar-refractivity contribution is -0.147. The number of ether oxygens (including phenoxy) is 3. The van der Waals surface area contributed by atoms with Crippen molar-refractivity contribution in [2.75, 3.05) is 0 Å². The number of cyclic esters (lactones) is 1. The zero-order chi connectivity index (χ0) is 32.6. The van der Waals surface area contributed by atoms with Crippen molar-refractivity contribution in [2.24, 2.45) is 0 Å². The van der Waals surface area contributed by atoms with Gasteiger partial charge in [-0.15, -0.1) is 0 Å². The number of hydrogen-bond acceptors (Lipinski definition) is 5. The quantitative estimate of drug-likeness (QED) is 0.0467. The Hall–Kier alpha value is -1.46. The van der Waals surface area contributed by atoms with Gasteiger partial charge in [-0.2, -0.15) is 0 Å². The Morgan fingerprint density at radius 2 is 1.20 bits per heavy atom. The van der Waals surface area contributed by atoms with Crippen LogP contribution in [0.3, 0.4) is 0 Å². The largest absolute Gasteiger partial charge is 0.455 e. The van der Waals surface area contributed by atoms with Crippen LogP contribution in [0.4, 0.5) is 0 Å². The molecule has 260 valence electrons. The van der Waals surface area contributed by atoms with Crippen LogP contribution in [0.1, 0.15) is 195 Å². The summed E-state index contributed by atoms with van der Waals surface area (Å²) in [6.45, 7) is 8.27. The van der Waals surface area contributed by atoms with Gasteiger partial charge in [0, 0.05) is 18.4 Å². The lowest BCUT2D eigenvalue weighted by Crippen LogP contribution is -2.22. The lowest BCUT2D eigenvalue weighted by atomic mass is 10.00. The molecule has 2 aliphatic rings. The smallest absolute Gasteiger partial charge is 0.334 e. The van der Waals surface area contributed by atoms with E-state index in [9.17, 15) is 9.59 Å². The third-order valence-electron chi connectivity index (χ3n) is 9.38. The van der Waals surface area contributed by atoms with Crippen molar-refractivity contribution >= 4 is 11.8 Å². The second-order valence-electron chi connectivity index (χ2n) is 14.3. The number of esters is 1. The van der Waals surface area contributed by atoms with Crippen LogP contribution >= 0.6 is 0 Å². The Balaban J connectivity index is 1.41. The van der Waals surface area contributed by atoms with Gasteiger partial charge in [0.15, 0.2) is 5.79 Å². The fourth-order valence-corrected chi connectivity index (χ4v) is 6.77. The molecule has 0 bridgehead atoms. The molecule has 0 spiro atoms. The van der Waals surface area contributed by atoms with E-state index in [2.05, 4.69) is 19.1 Å². The number of hydrogen-bond donors (Lipinski definition) is 0. The van der Waals surface area contributed by atoms with Crippen molar-refractivity contribution in [3.05, 3.63) is 23.8 Å². The molecule has 0 N–H and O–H groups in total. The van der Waals surface area contributed by atoms with Gasteiger partial charge >= 0.3 is 5.97 Å². The molecule has 1 fully saturated rings. The van der Waals surface area contributed by atoms with Crippen LogP contribution in [0, 0.1) is 0 Å². The summed E-state index contributed by atoms with van der Waals surface area (Å²) in [4.78, 5) is 23.9. The van der Waals surface area contributed by atoms with Gasteiger partial charge in [-0.05, 0) is 84.6 Å². The molecule has 45 heavy (non-hydrogen) atoms. The fraction of sp³-hybridized carbons (Fsp3) is 0.850. The Morgan fingerprint density at radius 1 is 0.689 bits per heavy atom. The molecule has 0 aromatic rings. The maximum absolute atomic E-state index is 12.3. The Bertz CT molecular complexity index is 844. The van der Waals surface area contributed by atoms with E-state index in [-0.39, 0.29) is 24.3 Å². The topological polar surface area (TPSA) is 61.8 Å². The summed E-state index contributed by atoms with van der Waals surface area (Å²) < 4.78 is 17.7. The second-order valence-corrected chi connectivity index (χ2v) is 14.3.